The molecule has 5 nitrogen and oxygen atoms in total. The summed E-state index contributed by atoms with van der Waals surface area (Å²) in [5.41, 5.74) is 0. The molecule has 0 bridgehead atoms. The number of halogens is 1. The van der Waals surface area contributed by atoms with E-state index >= 15 is 0 Å². The monoisotopic (exact) mass is 327 g/mol. The number of piperidine rings is 1. The Kier molecular flexibility index (Phi) is 4.99. The number of nitrogens with zero attached hydrogens (tertiary/aromatic N) is 4. The van der Waals surface area contributed by atoms with Crippen molar-refractivity contribution in [1.29, 1.82) is 0 Å². The minimum atomic E-state index is 0.553. The zero-order chi connectivity index (χ0) is 13.8. The Morgan fingerprint density at radius 1 is 1.47 bits per heavy atom. The first kappa shape index (κ1) is 14.5. The lowest BCUT2D eigenvalue weighted by atomic mass is 10.0. The summed E-state index contributed by atoms with van der Waals surface area (Å²) in [5.74, 6) is 1.67. The van der Waals surface area contributed by atoms with Crippen molar-refractivity contribution in [3.05, 3.63) is 10.7 Å². The Balaban J connectivity index is 2.13. The first-order chi connectivity index (χ1) is 9.11. The molecular formula is C13H22BrN5. The second-order valence-electron chi connectivity index (χ2n) is 5.04. The highest BCUT2D eigenvalue weighted by Crippen LogP contribution is 2.27. The van der Waals surface area contributed by atoms with Gasteiger partial charge in [-0.1, -0.05) is 0 Å². The van der Waals surface area contributed by atoms with Crippen molar-refractivity contribution < 1.29 is 0 Å². The molecule has 2 rings (SSSR count). The molecule has 0 atom stereocenters. The van der Waals surface area contributed by atoms with Crippen LogP contribution in [0.1, 0.15) is 19.8 Å². The number of anilines is 2. The molecule has 1 aromatic rings. The van der Waals surface area contributed by atoms with Crippen molar-refractivity contribution in [2.75, 3.05) is 43.9 Å². The van der Waals surface area contributed by atoms with E-state index in [9.17, 15) is 0 Å². The van der Waals surface area contributed by atoms with Crippen LogP contribution in [0.25, 0.3) is 0 Å². The van der Waals surface area contributed by atoms with Gasteiger partial charge in [-0.05, 0) is 55.8 Å². The fourth-order valence-electron chi connectivity index (χ4n) is 2.40. The third kappa shape index (κ3) is 3.57. The van der Waals surface area contributed by atoms with E-state index < -0.39 is 0 Å². The third-order valence-corrected chi connectivity index (χ3v) is 4.19. The highest BCUT2D eigenvalue weighted by Gasteiger charge is 2.23. The second-order valence-corrected chi connectivity index (χ2v) is 5.90. The molecule has 1 aliphatic heterocycles. The van der Waals surface area contributed by atoms with Gasteiger partial charge in [-0.25, -0.2) is 4.98 Å². The summed E-state index contributed by atoms with van der Waals surface area (Å²) in [6.45, 7) is 5.18. The number of rotatable bonds is 4. The maximum atomic E-state index is 4.60. The van der Waals surface area contributed by atoms with Crippen LogP contribution >= 0.6 is 15.9 Å². The smallest absolute Gasteiger partial charge is 0.224 e. The van der Waals surface area contributed by atoms with Gasteiger partial charge < -0.3 is 15.1 Å². The van der Waals surface area contributed by atoms with Crippen LogP contribution in [0.4, 0.5) is 11.8 Å². The zero-order valence-corrected chi connectivity index (χ0v) is 13.4. The number of likely N-dealkylation sites (tertiary alicyclic amines) is 1. The molecule has 0 spiro atoms. The minimum Gasteiger partial charge on any atom is -0.355 e. The predicted molar refractivity (Wildman–Crippen MR) is 82.8 cm³/mol. The Morgan fingerprint density at radius 2 is 2.16 bits per heavy atom. The standard InChI is InChI=1S/C13H22BrN5/c1-4-15-13-16-9-11(14)12(17-13)19(3)10-5-7-18(2)8-6-10/h9-10H,4-8H2,1-3H3,(H,15,16,17). The van der Waals surface area contributed by atoms with E-state index in [2.05, 4.69) is 55.1 Å². The van der Waals surface area contributed by atoms with E-state index in [-0.39, 0.29) is 0 Å². The first-order valence-electron chi connectivity index (χ1n) is 6.79. The van der Waals surface area contributed by atoms with Gasteiger partial charge in [-0.2, -0.15) is 4.98 Å². The SMILES string of the molecule is CCNc1ncc(Br)c(N(C)C2CCN(C)CC2)n1. The van der Waals surface area contributed by atoms with Crippen molar-refractivity contribution in [3.63, 3.8) is 0 Å². The van der Waals surface area contributed by atoms with E-state index in [4.69, 9.17) is 0 Å². The van der Waals surface area contributed by atoms with Crippen LogP contribution in [0.2, 0.25) is 0 Å². The molecule has 0 aromatic carbocycles. The van der Waals surface area contributed by atoms with Crippen molar-refractivity contribution >= 4 is 27.7 Å². The van der Waals surface area contributed by atoms with E-state index in [0.29, 0.717) is 12.0 Å². The number of hydrogen-bond acceptors (Lipinski definition) is 5. The Bertz CT molecular complexity index is 417. The Labute approximate surface area is 123 Å². The summed E-state index contributed by atoms with van der Waals surface area (Å²) in [6.07, 6.45) is 4.19. The molecule has 1 aromatic heterocycles. The number of aromatic nitrogens is 2. The average molecular weight is 328 g/mol. The van der Waals surface area contributed by atoms with Gasteiger partial charge in [-0.3, -0.25) is 0 Å². The average Bonchev–Trinajstić information content (AvgIpc) is 2.41. The summed E-state index contributed by atoms with van der Waals surface area (Å²) >= 11 is 3.56. The quantitative estimate of drug-likeness (QED) is 0.918. The van der Waals surface area contributed by atoms with Gasteiger partial charge >= 0.3 is 0 Å². The normalized spacial score (nSPS) is 17.5. The van der Waals surface area contributed by atoms with Crippen LogP contribution in [0.3, 0.4) is 0 Å². The molecular weight excluding hydrogens is 306 g/mol. The lowest BCUT2D eigenvalue weighted by molar-refractivity contribution is 0.252. The lowest BCUT2D eigenvalue weighted by Gasteiger charge is -2.36. The summed E-state index contributed by atoms with van der Waals surface area (Å²) in [6, 6.07) is 0.553. The van der Waals surface area contributed by atoms with Gasteiger partial charge in [0.2, 0.25) is 5.95 Å². The van der Waals surface area contributed by atoms with Crippen LogP contribution < -0.4 is 10.2 Å². The maximum Gasteiger partial charge on any atom is 0.224 e. The molecule has 0 radical (unpaired) electrons. The van der Waals surface area contributed by atoms with Crippen LogP contribution in [-0.4, -0.2) is 54.6 Å². The molecule has 1 fully saturated rings. The molecule has 1 aliphatic rings. The van der Waals surface area contributed by atoms with Crippen LogP contribution in [0.5, 0.6) is 0 Å². The van der Waals surface area contributed by atoms with Crippen molar-refractivity contribution in [2.45, 2.75) is 25.8 Å². The van der Waals surface area contributed by atoms with Crippen molar-refractivity contribution in [2.24, 2.45) is 0 Å². The predicted octanol–water partition coefficient (Wildman–Crippen LogP) is 2.20. The highest BCUT2D eigenvalue weighted by molar-refractivity contribution is 9.10. The molecule has 1 saturated heterocycles. The summed E-state index contributed by atoms with van der Waals surface area (Å²) in [7, 11) is 4.30. The topological polar surface area (TPSA) is 44.3 Å². The summed E-state index contributed by atoms with van der Waals surface area (Å²) in [4.78, 5) is 13.5. The molecule has 2 heterocycles. The molecule has 106 valence electrons. The molecule has 6 heteroatoms. The second kappa shape index (κ2) is 6.52. The fraction of sp³-hybridized carbons (Fsp3) is 0.692. The largest absolute Gasteiger partial charge is 0.355 e. The first-order valence-corrected chi connectivity index (χ1v) is 7.59. The molecule has 0 saturated carbocycles. The van der Waals surface area contributed by atoms with Gasteiger partial charge in [0, 0.05) is 25.8 Å². The molecule has 0 amide bonds. The third-order valence-electron chi connectivity index (χ3n) is 3.63. The summed E-state index contributed by atoms with van der Waals surface area (Å²) in [5, 5.41) is 3.16. The molecule has 1 N–H and O–H groups in total. The van der Waals surface area contributed by atoms with Gasteiger partial charge in [-0.15, -0.1) is 0 Å². The van der Waals surface area contributed by atoms with E-state index in [1.807, 2.05) is 13.1 Å². The van der Waals surface area contributed by atoms with E-state index in [1.54, 1.807) is 0 Å². The van der Waals surface area contributed by atoms with Gasteiger partial charge in [0.05, 0.1) is 4.47 Å². The summed E-state index contributed by atoms with van der Waals surface area (Å²) < 4.78 is 0.954. The van der Waals surface area contributed by atoms with Crippen LogP contribution in [0, 0.1) is 0 Å². The van der Waals surface area contributed by atoms with Crippen molar-refractivity contribution in [3.8, 4) is 0 Å². The Morgan fingerprint density at radius 3 is 2.79 bits per heavy atom. The molecule has 0 aliphatic carbocycles. The van der Waals surface area contributed by atoms with Gasteiger partial charge in [0.25, 0.3) is 0 Å². The minimum absolute atomic E-state index is 0.553. The fourth-order valence-corrected chi connectivity index (χ4v) is 2.87. The lowest BCUT2D eigenvalue weighted by Crippen LogP contribution is -2.42. The zero-order valence-electron chi connectivity index (χ0n) is 11.9. The van der Waals surface area contributed by atoms with E-state index in [0.717, 1.165) is 29.9 Å². The van der Waals surface area contributed by atoms with Gasteiger partial charge in [0.15, 0.2) is 0 Å². The van der Waals surface area contributed by atoms with Gasteiger partial charge in [0.1, 0.15) is 5.82 Å². The molecule has 19 heavy (non-hydrogen) atoms. The highest BCUT2D eigenvalue weighted by atomic mass is 79.9. The maximum absolute atomic E-state index is 4.60. The van der Waals surface area contributed by atoms with Crippen LogP contribution in [-0.2, 0) is 0 Å². The molecule has 0 unspecified atom stereocenters. The number of nitrogens with one attached hydrogen (secondary N) is 1. The Hall–Kier alpha value is -0.880. The van der Waals surface area contributed by atoms with E-state index in [1.165, 1.54) is 12.8 Å². The van der Waals surface area contributed by atoms with Crippen LogP contribution in [0.15, 0.2) is 10.7 Å². The number of hydrogen-bond donors (Lipinski definition) is 1. The van der Waals surface area contributed by atoms with Crippen molar-refractivity contribution in [1.82, 2.24) is 14.9 Å².